The zero-order valence-electron chi connectivity index (χ0n) is 10.5. The molecule has 0 saturated heterocycles. The second-order valence-corrected chi connectivity index (χ2v) is 5.82. The topological polar surface area (TPSA) is 25.2 Å². The summed E-state index contributed by atoms with van der Waals surface area (Å²) < 4.78 is 2.18. The lowest BCUT2D eigenvalue weighted by molar-refractivity contribution is 0.127. The Bertz CT molecular complexity index is 296. The summed E-state index contributed by atoms with van der Waals surface area (Å²) in [4.78, 5) is 0. The van der Waals surface area contributed by atoms with Crippen molar-refractivity contribution in [3.8, 4) is 0 Å². The van der Waals surface area contributed by atoms with Crippen molar-refractivity contribution in [3.63, 3.8) is 0 Å². The Morgan fingerprint density at radius 2 is 2.19 bits per heavy atom. The molecular weight excluding hydrogens is 218 g/mol. The van der Waals surface area contributed by atoms with Gasteiger partial charge < -0.3 is 9.67 Å². The van der Waals surface area contributed by atoms with E-state index in [4.69, 9.17) is 0 Å². The molecule has 1 unspecified atom stereocenters. The summed E-state index contributed by atoms with van der Waals surface area (Å²) in [6.45, 7) is 7.33. The van der Waals surface area contributed by atoms with Crippen LogP contribution in [0.5, 0.6) is 0 Å². The molecule has 0 fully saturated rings. The smallest absolute Gasteiger partial charge is 0.0827 e. The summed E-state index contributed by atoms with van der Waals surface area (Å²) in [5.41, 5.74) is 1.04. The SMILES string of the molecule is CCSCCCn1ccc(C(O)C(C)C)c1. The molecule has 0 saturated carbocycles. The fraction of sp³-hybridized carbons (Fsp3) is 0.692. The molecule has 1 N–H and O–H groups in total. The van der Waals surface area contributed by atoms with Crippen molar-refractivity contribution in [1.82, 2.24) is 4.57 Å². The standard InChI is InChI=1S/C13H23NOS/c1-4-16-9-5-7-14-8-6-12(10-14)13(15)11(2)3/h6,8,10-11,13,15H,4-5,7,9H2,1-3H3. The Hall–Kier alpha value is -0.410. The first-order valence-corrected chi connectivity index (χ1v) is 7.22. The normalized spacial score (nSPS) is 13.3. The highest BCUT2D eigenvalue weighted by Gasteiger charge is 2.12. The van der Waals surface area contributed by atoms with Gasteiger partial charge in [-0.15, -0.1) is 0 Å². The molecule has 1 aromatic rings. The molecule has 1 heterocycles. The lowest BCUT2D eigenvalue weighted by atomic mass is 10.0. The van der Waals surface area contributed by atoms with Crippen molar-refractivity contribution < 1.29 is 5.11 Å². The van der Waals surface area contributed by atoms with Gasteiger partial charge in [0.2, 0.25) is 0 Å². The molecule has 16 heavy (non-hydrogen) atoms. The van der Waals surface area contributed by atoms with Crippen LogP contribution in [0.3, 0.4) is 0 Å². The van der Waals surface area contributed by atoms with Crippen molar-refractivity contribution in [2.24, 2.45) is 5.92 Å². The third-order valence-electron chi connectivity index (χ3n) is 2.66. The molecule has 0 aliphatic heterocycles. The number of hydrogen-bond donors (Lipinski definition) is 1. The molecule has 0 aliphatic carbocycles. The van der Waals surface area contributed by atoms with Crippen molar-refractivity contribution in [3.05, 3.63) is 24.0 Å². The molecule has 3 heteroatoms. The van der Waals surface area contributed by atoms with Crippen LogP contribution in [0.1, 0.15) is 38.9 Å². The van der Waals surface area contributed by atoms with E-state index in [2.05, 4.69) is 23.9 Å². The molecule has 0 aromatic carbocycles. The molecule has 2 nitrogen and oxygen atoms in total. The Morgan fingerprint density at radius 3 is 2.81 bits per heavy atom. The second kappa shape index (κ2) is 7.02. The highest BCUT2D eigenvalue weighted by molar-refractivity contribution is 7.99. The molecule has 92 valence electrons. The van der Waals surface area contributed by atoms with Gasteiger partial charge in [-0.2, -0.15) is 11.8 Å². The molecule has 0 radical (unpaired) electrons. The summed E-state index contributed by atoms with van der Waals surface area (Å²) in [6.07, 6.45) is 5.01. The van der Waals surface area contributed by atoms with Gasteiger partial charge >= 0.3 is 0 Å². The van der Waals surface area contributed by atoms with Gasteiger partial charge in [0, 0.05) is 18.9 Å². The van der Waals surface area contributed by atoms with Crippen LogP contribution in [0, 0.1) is 5.92 Å². The van der Waals surface area contributed by atoms with Crippen LogP contribution in [0.2, 0.25) is 0 Å². The zero-order valence-corrected chi connectivity index (χ0v) is 11.3. The maximum atomic E-state index is 9.90. The van der Waals surface area contributed by atoms with E-state index >= 15 is 0 Å². The Labute approximate surface area is 103 Å². The van der Waals surface area contributed by atoms with E-state index in [-0.39, 0.29) is 12.0 Å². The van der Waals surface area contributed by atoms with E-state index in [0.29, 0.717) is 0 Å². The van der Waals surface area contributed by atoms with Gasteiger partial charge in [0.1, 0.15) is 0 Å². The first-order valence-electron chi connectivity index (χ1n) is 6.06. The molecule has 0 bridgehead atoms. The van der Waals surface area contributed by atoms with Gasteiger partial charge in [0.05, 0.1) is 6.10 Å². The van der Waals surface area contributed by atoms with E-state index in [9.17, 15) is 5.11 Å². The lowest BCUT2D eigenvalue weighted by Crippen LogP contribution is -2.04. The predicted octanol–water partition coefficient (Wildman–Crippen LogP) is 3.32. The monoisotopic (exact) mass is 241 g/mol. The second-order valence-electron chi connectivity index (χ2n) is 4.42. The maximum Gasteiger partial charge on any atom is 0.0827 e. The van der Waals surface area contributed by atoms with Crippen molar-refractivity contribution in [2.75, 3.05) is 11.5 Å². The Kier molecular flexibility index (Phi) is 5.99. The minimum absolute atomic E-state index is 0.284. The lowest BCUT2D eigenvalue weighted by Gasteiger charge is -2.12. The van der Waals surface area contributed by atoms with Crippen LogP contribution in [0.15, 0.2) is 18.5 Å². The third kappa shape index (κ3) is 4.22. The van der Waals surface area contributed by atoms with E-state index in [1.807, 2.05) is 31.7 Å². The van der Waals surface area contributed by atoms with Gasteiger partial charge in [-0.05, 0) is 35.5 Å². The molecule has 1 atom stereocenters. The van der Waals surface area contributed by atoms with E-state index < -0.39 is 0 Å². The number of aliphatic hydroxyl groups is 1. The number of hydrogen-bond acceptors (Lipinski definition) is 2. The van der Waals surface area contributed by atoms with Crippen molar-refractivity contribution in [1.29, 1.82) is 0 Å². The fourth-order valence-electron chi connectivity index (χ4n) is 1.65. The van der Waals surface area contributed by atoms with Crippen molar-refractivity contribution in [2.45, 2.75) is 39.8 Å². The van der Waals surface area contributed by atoms with Crippen LogP contribution in [-0.2, 0) is 6.54 Å². The van der Waals surface area contributed by atoms with Crippen LogP contribution in [-0.4, -0.2) is 21.2 Å². The fourth-order valence-corrected chi connectivity index (χ4v) is 2.27. The summed E-state index contributed by atoms with van der Waals surface area (Å²) in [5, 5.41) is 9.90. The number of aromatic nitrogens is 1. The molecule has 1 aromatic heterocycles. The molecule has 1 rings (SSSR count). The van der Waals surface area contributed by atoms with Gasteiger partial charge in [-0.3, -0.25) is 0 Å². The molecule has 0 amide bonds. The number of aliphatic hydroxyl groups excluding tert-OH is 1. The minimum Gasteiger partial charge on any atom is -0.388 e. The largest absolute Gasteiger partial charge is 0.388 e. The summed E-state index contributed by atoms with van der Waals surface area (Å²) in [6, 6.07) is 2.03. The number of rotatable bonds is 7. The van der Waals surface area contributed by atoms with Crippen molar-refractivity contribution >= 4 is 11.8 Å². The van der Waals surface area contributed by atoms with Crippen LogP contribution in [0.4, 0.5) is 0 Å². The highest BCUT2D eigenvalue weighted by atomic mass is 32.2. The number of aryl methyl sites for hydroxylation is 1. The van der Waals surface area contributed by atoms with Crippen LogP contribution < -0.4 is 0 Å². The van der Waals surface area contributed by atoms with Gasteiger partial charge in [-0.25, -0.2) is 0 Å². The molecular formula is C13H23NOS. The predicted molar refractivity (Wildman–Crippen MR) is 71.8 cm³/mol. The molecule has 0 aliphatic rings. The van der Waals surface area contributed by atoms with Gasteiger partial charge in [-0.1, -0.05) is 20.8 Å². The van der Waals surface area contributed by atoms with E-state index in [0.717, 1.165) is 12.1 Å². The van der Waals surface area contributed by atoms with E-state index in [1.165, 1.54) is 17.9 Å². The first-order chi connectivity index (χ1) is 7.65. The van der Waals surface area contributed by atoms with E-state index in [1.54, 1.807) is 0 Å². The maximum absolute atomic E-state index is 9.90. The first kappa shape index (κ1) is 13.7. The summed E-state index contributed by atoms with van der Waals surface area (Å²) in [7, 11) is 0. The Balaban J connectivity index is 2.39. The van der Waals surface area contributed by atoms with Crippen LogP contribution >= 0.6 is 11.8 Å². The number of nitrogens with zero attached hydrogens (tertiary/aromatic N) is 1. The molecule has 0 spiro atoms. The quantitative estimate of drug-likeness (QED) is 0.741. The number of thioether (sulfide) groups is 1. The third-order valence-corrected chi connectivity index (χ3v) is 3.64. The zero-order chi connectivity index (χ0) is 12.0. The Morgan fingerprint density at radius 1 is 1.44 bits per heavy atom. The minimum atomic E-state index is -0.328. The van der Waals surface area contributed by atoms with Gasteiger partial charge in [0.25, 0.3) is 0 Å². The highest BCUT2D eigenvalue weighted by Crippen LogP contribution is 2.21. The van der Waals surface area contributed by atoms with Crippen LogP contribution in [0.25, 0.3) is 0 Å². The summed E-state index contributed by atoms with van der Waals surface area (Å²) >= 11 is 1.98. The van der Waals surface area contributed by atoms with Gasteiger partial charge in [0.15, 0.2) is 0 Å². The summed E-state index contributed by atoms with van der Waals surface area (Å²) in [5.74, 6) is 2.70. The average Bonchev–Trinajstić information content (AvgIpc) is 2.72. The average molecular weight is 241 g/mol.